The molecule has 1 amide bonds. The summed E-state index contributed by atoms with van der Waals surface area (Å²) in [4.78, 5) is 19.2. The molecule has 2 aromatic carbocycles. The average molecular weight is 480 g/mol. The number of imidazole rings is 1. The minimum atomic E-state index is 0.0655. The Kier molecular flexibility index (Phi) is 6.87. The van der Waals surface area contributed by atoms with E-state index in [0.717, 1.165) is 54.1 Å². The zero-order chi connectivity index (χ0) is 21.6. The number of piperidine rings is 1. The van der Waals surface area contributed by atoms with E-state index >= 15 is 0 Å². The number of halogens is 1. The molecule has 2 heterocycles. The molecule has 160 valence electrons. The third-order valence-corrected chi connectivity index (χ3v) is 6.46. The molecule has 31 heavy (non-hydrogen) atoms. The Morgan fingerprint density at radius 1 is 1.16 bits per heavy atom. The molecule has 0 bridgehead atoms. The zero-order valence-electron chi connectivity index (χ0n) is 17.6. The van der Waals surface area contributed by atoms with Crippen LogP contribution in [0.25, 0.3) is 6.08 Å². The van der Waals surface area contributed by atoms with Crippen LogP contribution in [0.5, 0.6) is 5.75 Å². The number of benzene rings is 2. The van der Waals surface area contributed by atoms with Gasteiger partial charge in [0.2, 0.25) is 5.91 Å². The Hall–Kier alpha value is -2.86. The molecule has 0 radical (unpaired) electrons. The van der Waals surface area contributed by atoms with Gasteiger partial charge in [-0.2, -0.15) is 0 Å². The number of carbonyl (C=O) groups is 1. The van der Waals surface area contributed by atoms with Crippen molar-refractivity contribution < 1.29 is 9.53 Å². The Morgan fingerprint density at radius 2 is 1.90 bits per heavy atom. The summed E-state index contributed by atoms with van der Waals surface area (Å²) in [6, 6.07) is 16.0. The maximum absolute atomic E-state index is 12.6. The molecule has 0 atom stereocenters. The first-order valence-corrected chi connectivity index (χ1v) is 11.3. The second kappa shape index (κ2) is 9.96. The van der Waals surface area contributed by atoms with E-state index in [4.69, 9.17) is 4.74 Å². The number of carbonyl (C=O) groups excluding carboxylic acids is 1. The molecule has 0 aliphatic carbocycles. The zero-order valence-corrected chi connectivity index (χ0v) is 19.2. The van der Waals surface area contributed by atoms with Gasteiger partial charge in [-0.15, -0.1) is 0 Å². The van der Waals surface area contributed by atoms with Crippen LogP contribution in [0.1, 0.15) is 35.7 Å². The molecular formula is C25H26BrN3O2. The van der Waals surface area contributed by atoms with Crippen LogP contribution in [0, 0.1) is 0 Å². The maximum atomic E-state index is 12.6. The van der Waals surface area contributed by atoms with Gasteiger partial charge in [-0.05, 0) is 48.2 Å². The lowest BCUT2D eigenvalue weighted by Crippen LogP contribution is -2.37. The SMILES string of the molecule is COc1ccc(Cn2ccnc2C2CCN(C(=O)C=Cc3ccccc3Br)CC2)cc1. The summed E-state index contributed by atoms with van der Waals surface area (Å²) in [5.74, 6) is 2.40. The summed E-state index contributed by atoms with van der Waals surface area (Å²) in [7, 11) is 1.68. The fraction of sp³-hybridized carbons (Fsp3) is 0.280. The standard InChI is InChI=1S/C25H26BrN3O2/c1-31-22-9-6-19(7-10-22)18-29-17-14-27-25(29)21-12-15-28(16-13-21)24(30)11-8-20-4-2-3-5-23(20)26/h2-11,14,17,21H,12-13,15-16,18H2,1H3. The highest BCUT2D eigenvalue weighted by atomic mass is 79.9. The Bertz CT molecular complexity index is 1050. The summed E-state index contributed by atoms with van der Waals surface area (Å²) in [6.07, 6.45) is 9.31. The van der Waals surface area contributed by atoms with Gasteiger partial charge in [-0.25, -0.2) is 4.98 Å². The van der Waals surface area contributed by atoms with E-state index in [1.807, 2.05) is 59.8 Å². The highest BCUT2D eigenvalue weighted by molar-refractivity contribution is 9.10. The number of ether oxygens (including phenoxy) is 1. The third kappa shape index (κ3) is 5.25. The van der Waals surface area contributed by atoms with Crippen molar-refractivity contribution in [1.82, 2.24) is 14.5 Å². The topological polar surface area (TPSA) is 47.4 Å². The van der Waals surface area contributed by atoms with Gasteiger partial charge in [0, 0.05) is 48.5 Å². The molecule has 0 unspecified atom stereocenters. The molecule has 1 aliphatic heterocycles. The summed E-state index contributed by atoms with van der Waals surface area (Å²) in [6.45, 7) is 2.28. The van der Waals surface area contributed by atoms with Gasteiger partial charge in [-0.1, -0.05) is 46.3 Å². The molecular weight excluding hydrogens is 454 g/mol. The second-order valence-electron chi connectivity index (χ2n) is 7.72. The predicted molar refractivity (Wildman–Crippen MR) is 126 cm³/mol. The minimum Gasteiger partial charge on any atom is -0.497 e. The van der Waals surface area contributed by atoms with E-state index in [1.54, 1.807) is 13.2 Å². The van der Waals surface area contributed by atoms with E-state index in [-0.39, 0.29) is 5.91 Å². The Morgan fingerprint density at radius 3 is 2.61 bits per heavy atom. The van der Waals surface area contributed by atoms with Crippen molar-refractivity contribution in [3.63, 3.8) is 0 Å². The molecule has 0 N–H and O–H groups in total. The van der Waals surface area contributed by atoms with E-state index in [9.17, 15) is 4.79 Å². The first-order chi connectivity index (χ1) is 15.1. The molecule has 1 fully saturated rings. The Labute approximate surface area is 191 Å². The summed E-state index contributed by atoms with van der Waals surface area (Å²) < 4.78 is 8.45. The van der Waals surface area contributed by atoms with Gasteiger partial charge in [0.05, 0.1) is 7.11 Å². The maximum Gasteiger partial charge on any atom is 0.246 e. The normalized spacial score (nSPS) is 14.8. The minimum absolute atomic E-state index is 0.0655. The van der Waals surface area contributed by atoms with Crippen LogP contribution in [0.2, 0.25) is 0 Å². The summed E-state index contributed by atoms with van der Waals surface area (Å²) in [5, 5.41) is 0. The second-order valence-corrected chi connectivity index (χ2v) is 8.57. The molecule has 3 aromatic rings. The molecule has 0 spiro atoms. The van der Waals surface area contributed by atoms with Gasteiger partial charge >= 0.3 is 0 Å². The number of aromatic nitrogens is 2. The molecule has 5 nitrogen and oxygen atoms in total. The smallest absolute Gasteiger partial charge is 0.246 e. The van der Waals surface area contributed by atoms with Crippen molar-refractivity contribution in [3.05, 3.63) is 88.4 Å². The van der Waals surface area contributed by atoms with Crippen molar-refractivity contribution in [2.24, 2.45) is 0 Å². The van der Waals surface area contributed by atoms with Gasteiger partial charge < -0.3 is 14.2 Å². The summed E-state index contributed by atoms with van der Waals surface area (Å²) in [5.41, 5.74) is 2.22. The van der Waals surface area contributed by atoms with Crippen LogP contribution in [-0.2, 0) is 11.3 Å². The number of nitrogens with zero attached hydrogens (tertiary/aromatic N) is 3. The summed E-state index contributed by atoms with van der Waals surface area (Å²) >= 11 is 3.52. The van der Waals surface area contributed by atoms with E-state index in [1.165, 1.54) is 5.56 Å². The number of methoxy groups -OCH3 is 1. The monoisotopic (exact) mass is 479 g/mol. The van der Waals surface area contributed by atoms with Crippen LogP contribution >= 0.6 is 15.9 Å². The molecule has 4 rings (SSSR count). The highest BCUT2D eigenvalue weighted by Gasteiger charge is 2.25. The predicted octanol–water partition coefficient (Wildman–Crippen LogP) is 5.12. The van der Waals surface area contributed by atoms with E-state index < -0.39 is 0 Å². The van der Waals surface area contributed by atoms with Gasteiger partial charge in [-0.3, -0.25) is 4.79 Å². The fourth-order valence-electron chi connectivity index (χ4n) is 3.98. The van der Waals surface area contributed by atoms with Crippen molar-refractivity contribution >= 4 is 27.9 Å². The number of amides is 1. The van der Waals surface area contributed by atoms with Crippen molar-refractivity contribution in [2.75, 3.05) is 20.2 Å². The van der Waals surface area contributed by atoms with Gasteiger partial charge in [0.15, 0.2) is 0 Å². The van der Waals surface area contributed by atoms with Crippen LogP contribution in [-0.4, -0.2) is 40.6 Å². The van der Waals surface area contributed by atoms with Crippen LogP contribution < -0.4 is 4.74 Å². The van der Waals surface area contributed by atoms with Crippen LogP contribution in [0.15, 0.2) is 71.5 Å². The molecule has 0 saturated carbocycles. The van der Waals surface area contributed by atoms with E-state index in [2.05, 4.69) is 37.6 Å². The van der Waals surface area contributed by atoms with Gasteiger partial charge in [0.1, 0.15) is 11.6 Å². The fourth-order valence-corrected chi connectivity index (χ4v) is 4.39. The molecule has 1 aromatic heterocycles. The van der Waals surface area contributed by atoms with Crippen molar-refractivity contribution in [2.45, 2.75) is 25.3 Å². The van der Waals surface area contributed by atoms with Gasteiger partial charge in [0.25, 0.3) is 0 Å². The van der Waals surface area contributed by atoms with Crippen LogP contribution in [0.3, 0.4) is 0 Å². The first kappa shape index (κ1) is 21.4. The lowest BCUT2D eigenvalue weighted by Gasteiger charge is -2.31. The largest absolute Gasteiger partial charge is 0.497 e. The number of hydrogen-bond acceptors (Lipinski definition) is 3. The van der Waals surface area contributed by atoms with E-state index in [0.29, 0.717) is 5.92 Å². The molecule has 1 aliphatic rings. The first-order valence-electron chi connectivity index (χ1n) is 10.5. The lowest BCUT2D eigenvalue weighted by atomic mass is 9.95. The molecule has 6 heteroatoms. The van der Waals surface area contributed by atoms with Crippen molar-refractivity contribution in [3.8, 4) is 5.75 Å². The lowest BCUT2D eigenvalue weighted by molar-refractivity contribution is -0.127. The highest BCUT2D eigenvalue weighted by Crippen LogP contribution is 2.28. The third-order valence-electron chi connectivity index (χ3n) is 5.74. The number of rotatable bonds is 6. The number of hydrogen-bond donors (Lipinski definition) is 0. The number of likely N-dealkylation sites (tertiary alicyclic amines) is 1. The Balaban J connectivity index is 1.35. The average Bonchev–Trinajstić information content (AvgIpc) is 3.27. The van der Waals surface area contributed by atoms with Crippen LogP contribution in [0.4, 0.5) is 0 Å². The molecule has 1 saturated heterocycles. The quantitative estimate of drug-likeness (QED) is 0.460. The van der Waals surface area contributed by atoms with Crippen molar-refractivity contribution in [1.29, 1.82) is 0 Å².